The molecule has 0 aliphatic rings. The SMILES string of the molecule is CC(C)NC(=O)CCn1ccccc1=O. The minimum atomic E-state index is -0.0742. The van der Waals surface area contributed by atoms with E-state index in [1.807, 2.05) is 13.8 Å². The minimum Gasteiger partial charge on any atom is -0.354 e. The molecule has 4 nitrogen and oxygen atoms in total. The maximum atomic E-state index is 11.3. The van der Waals surface area contributed by atoms with E-state index in [9.17, 15) is 9.59 Å². The zero-order chi connectivity index (χ0) is 11.3. The van der Waals surface area contributed by atoms with Crippen LogP contribution in [0, 0.1) is 0 Å². The number of nitrogens with zero attached hydrogens (tertiary/aromatic N) is 1. The van der Waals surface area contributed by atoms with Gasteiger partial charge in [-0.1, -0.05) is 6.07 Å². The van der Waals surface area contributed by atoms with Crippen LogP contribution in [0.15, 0.2) is 29.2 Å². The summed E-state index contributed by atoms with van der Waals surface area (Å²) in [6.45, 7) is 4.25. The molecule has 0 aliphatic heterocycles. The lowest BCUT2D eigenvalue weighted by Crippen LogP contribution is -2.31. The van der Waals surface area contributed by atoms with E-state index in [2.05, 4.69) is 5.32 Å². The third-order valence-corrected chi connectivity index (χ3v) is 1.93. The average molecular weight is 208 g/mol. The van der Waals surface area contributed by atoms with E-state index in [1.165, 1.54) is 10.6 Å². The van der Waals surface area contributed by atoms with E-state index < -0.39 is 0 Å². The highest BCUT2D eigenvalue weighted by Crippen LogP contribution is 1.89. The Hall–Kier alpha value is -1.58. The van der Waals surface area contributed by atoms with Crippen LogP contribution < -0.4 is 10.9 Å². The molecular weight excluding hydrogens is 192 g/mol. The lowest BCUT2D eigenvalue weighted by Gasteiger charge is -2.08. The molecule has 1 aromatic rings. The summed E-state index contributed by atoms with van der Waals surface area (Å²) in [6.07, 6.45) is 2.02. The molecule has 0 aromatic carbocycles. The smallest absolute Gasteiger partial charge is 0.250 e. The van der Waals surface area contributed by atoms with Gasteiger partial charge in [-0.05, 0) is 19.9 Å². The first-order valence-corrected chi connectivity index (χ1v) is 5.04. The average Bonchev–Trinajstić information content (AvgIpc) is 2.15. The third-order valence-electron chi connectivity index (χ3n) is 1.93. The molecule has 1 aromatic heterocycles. The Balaban J connectivity index is 2.48. The number of aromatic nitrogens is 1. The van der Waals surface area contributed by atoms with Crippen molar-refractivity contribution in [3.63, 3.8) is 0 Å². The Kier molecular flexibility index (Phi) is 4.09. The second-order valence-corrected chi connectivity index (χ2v) is 3.70. The van der Waals surface area contributed by atoms with Crippen LogP contribution in [-0.2, 0) is 11.3 Å². The molecular formula is C11H16N2O2. The Morgan fingerprint density at radius 1 is 1.47 bits per heavy atom. The number of carbonyl (C=O) groups excluding carboxylic acids is 1. The Morgan fingerprint density at radius 3 is 2.80 bits per heavy atom. The number of rotatable bonds is 4. The first-order chi connectivity index (χ1) is 7.09. The van der Waals surface area contributed by atoms with Crippen molar-refractivity contribution in [3.8, 4) is 0 Å². The molecule has 15 heavy (non-hydrogen) atoms. The normalized spacial score (nSPS) is 10.3. The number of amides is 1. The maximum absolute atomic E-state index is 11.3. The second-order valence-electron chi connectivity index (χ2n) is 3.70. The van der Waals surface area contributed by atoms with Crippen LogP contribution in [-0.4, -0.2) is 16.5 Å². The summed E-state index contributed by atoms with van der Waals surface area (Å²) in [5, 5.41) is 2.78. The summed E-state index contributed by atoms with van der Waals surface area (Å²) in [5.74, 6) is -0.0271. The van der Waals surface area contributed by atoms with Gasteiger partial charge >= 0.3 is 0 Å². The van der Waals surface area contributed by atoms with Crippen molar-refractivity contribution in [1.82, 2.24) is 9.88 Å². The van der Waals surface area contributed by atoms with E-state index in [1.54, 1.807) is 18.3 Å². The largest absolute Gasteiger partial charge is 0.354 e. The first-order valence-electron chi connectivity index (χ1n) is 5.04. The number of carbonyl (C=O) groups is 1. The van der Waals surface area contributed by atoms with Crippen LogP contribution in [0.2, 0.25) is 0 Å². The molecule has 0 atom stereocenters. The predicted molar refractivity (Wildman–Crippen MR) is 58.6 cm³/mol. The van der Waals surface area contributed by atoms with E-state index >= 15 is 0 Å². The van der Waals surface area contributed by atoms with Gasteiger partial charge in [0.15, 0.2) is 0 Å². The fraction of sp³-hybridized carbons (Fsp3) is 0.455. The van der Waals surface area contributed by atoms with Crippen molar-refractivity contribution in [2.75, 3.05) is 0 Å². The Labute approximate surface area is 88.9 Å². The summed E-state index contributed by atoms with van der Waals surface area (Å²) >= 11 is 0. The summed E-state index contributed by atoms with van der Waals surface area (Å²) in [6, 6.07) is 5.10. The molecule has 0 radical (unpaired) electrons. The molecule has 4 heteroatoms. The van der Waals surface area contributed by atoms with Gasteiger partial charge in [0.05, 0.1) is 0 Å². The highest BCUT2D eigenvalue weighted by Gasteiger charge is 2.03. The lowest BCUT2D eigenvalue weighted by atomic mass is 10.3. The highest BCUT2D eigenvalue weighted by atomic mass is 16.2. The molecule has 0 saturated heterocycles. The minimum absolute atomic E-state index is 0.0271. The van der Waals surface area contributed by atoms with Crippen LogP contribution in [0.1, 0.15) is 20.3 Å². The second kappa shape index (κ2) is 5.34. The molecule has 1 N–H and O–H groups in total. The van der Waals surface area contributed by atoms with Crippen LogP contribution >= 0.6 is 0 Å². The molecule has 82 valence electrons. The van der Waals surface area contributed by atoms with Gasteiger partial charge in [-0.25, -0.2) is 0 Å². The summed E-state index contributed by atoms with van der Waals surface area (Å²) in [7, 11) is 0. The maximum Gasteiger partial charge on any atom is 0.250 e. The molecule has 0 fully saturated rings. The first kappa shape index (κ1) is 11.5. The summed E-state index contributed by atoms with van der Waals surface area (Å²) in [5.41, 5.74) is -0.0742. The van der Waals surface area contributed by atoms with Crippen molar-refractivity contribution in [1.29, 1.82) is 0 Å². The zero-order valence-corrected chi connectivity index (χ0v) is 9.06. The number of aryl methyl sites for hydroxylation is 1. The van der Waals surface area contributed by atoms with Crippen molar-refractivity contribution < 1.29 is 4.79 Å². The molecule has 0 saturated carbocycles. The van der Waals surface area contributed by atoms with E-state index in [0.717, 1.165) is 0 Å². The topological polar surface area (TPSA) is 51.1 Å². The van der Waals surface area contributed by atoms with E-state index in [-0.39, 0.29) is 17.5 Å². The molecule has 0 unspecified atom stereocenters. The van der Waals surface area contributed by atoms with Crippen molar-refractivity contribution in [2.45, 2.75) is 32.9 Å². The van der Waals surface area contributed by atoms with Crippen LogP contribution in [0.5, 0.6) is 0 Å². The monoisotopic (exact) mass is 208 g/mol. The number of pyridine rings is 1. The standard InChI is InChI=1S/C11H16N2O2/c1-9(2)12-10(14)6-8-13-7-4-3-5-11(13)15/h3-5,7,9H,6,8H2,1-2H3,(H,12,14). The predicted octanol–water partition coefficient (Wildman–Crippen LogP) is 0.763. The quantitative estimate of drug-likeness (QED) is 0.794. The lowest BCUT2D eigenvalue weighted by molar-refractivity contribution is -0.121. The Morgan fingerprint density at radius 2 is 2.20 bits per heavy atom. The van der Waals surface area contributed by atoms with Gasteiger partial charge in [0.2, 0.25) is 5.91 Å². The molecule has 0 spiro atoms. The van der Waals surface area contributed by atoms with Crippen molar-refractivity contribution >= 4 is 5.91 Å². The van der Waals surface area contributed by atoms with E-state index in [4.69, 9.17) is 0 Å². The molecule has 0 bridgehead atoms. The Bertz CT molecular complexity index is 382. The van der Waals surface area contributed by atoms with Gasteiger partial charge in [-0.3, -0.25) is 9.59 Å². The fourth-order valence-electron chi connectivity index (χ4n) is 1.26. The van der Waals surface area contributed by atoms with Crippen LogP contribution in [0.25, 0.3) is 0 Å². The van der Waals surface area contributed by atoms with Gasteiger partial charge in [0, 0.05) is 31.3 Å². The highest BCUT2D eigenvalue weighted by molar-refractivity contribution is 5.76. The summed E-state index contributed by atoms with van der Waals surface area (Å²) < 4.78 is 1.53. The third kappa shape index (κ3) is 3.97. The van der Waals surface area contributed by atoms with Crippen LogP contribution in [0.3, 0.4) is 0 Å². The van der Waals surface area contributed by atoms with Gasteiger partial charge < -0.3 is 9.88 Å². The fourth-order valence-corrected chi connectivity index (χ4v) is 1.26. The number of hydrogen-bond acceptors (Lipinski definition) is 2. The van der Waals surface area contributed by atoms with Gasteiger partial charge in [0.25, 0.3) is 5.56 Å². The molecule has 1 heterocycles. The van der Waals surface area contributed by atoms with Gasteiger partial charge in [-0.15, -0.1) is 0 Å². The summed E-state index contributed by atoms with van der Waals surface area (Å²) in [4.78, 5) is 22.6. The van der Waals surface area contributed by atoms with Gasteiger partial charge in [-0.2, -0.15) is 0 Å². The van der Waals surface area contributed by atoms with E-state index in [0.29, 0.717) is 13.0 Å². The van der Waals surface area contributed by atoms with Gasteiger partial charge in [0.1, 0.15) is 0 Å². The molecule has 1 rings (SSSR count). The molecule has 0 aliphatic carbocycles. The van der Waals surface area contributed by atoms with Crippen molar-refractivity contribution in [3.05, 3.63) is 34.7 Å². The van der Waals surface area contributed by atoms with Crippen LogP contribution in [0.4, 0.5) is 0 Å². The number of hydrogen-bond donors (Lipinski definition) is 1. The molecule has 1 amide bonds. The number of nitrogens with one attached hydrogen (secondary N) is 1. The zero-order valence-electron chi connectivity index (χ0n) is 9.06. The van der Waals surface area contributed by atoms with Crippen molar-refractivity contribution in [2.24, 2.45) is 0 Å².